The number of hydrogen-bond acceptors (Lipinski definition) is 5. The van der Waals surface area contributed by atoms with E-state index in [0.29, 0.717) is 11.4 Å². The minimum absolute atomic E-state index is 0.116. The molecule has 1 aromatic carbocycles. The molecule has 1 amide bonds. The molecule has 0 saturated carbocycles. The molecule has 1 N–H and O–H groups in total. The van der Waals surface area contributed by atoms with Gasteiger partial charge in [-0.05, 0) is 12.1 Å². The van der Waals surface area contributed by atoms with Crippen molar-refractivity contribution in [1.82, 2.24) is 15.0 Å². The Morgan fingerprint density at radius 2 is 2.10 bits per heavy atom. The van der Waals surface area contributed by atoms with Crippen molar-refractivity contribution in [2.45, 2.75) is 6.54 Å². The number of aromatic carboxylic acids is 1. The van der Waals surface area contributed by atoms with E-state index in [9.17, 15) is 9.59 Å². The number of rotatable bonds is 5. The minimum Gasteiger partial charge on any atom is -0.495 e. The van der Waals surface area contributed by atoms with Crippen LogP contribution in [0.3, 0.4) is 0 Å². The number of aromatic nitrogens is 3. The number of anilines is 1. The first-order chi connectivity index (χ1) is 10.0. The molecule has 21 heavy (non-hydrogen) atoms. The second-order valence-electron chi connectivity index (χ2n) is 4.23. The van der Waals surface area contributed by atoms with Gasteiger partial charge >= 0.3 is 5.97 Å². The lowest BCUT2D eigenvalue weighted by atomic mass is 10.2. The lowest BCUT2D eigenvalue weighted by Crippen LogP contribution is -2.30. The summed E-state index contributed by atoms with van der Waals surface area (Å²) < 4.78 is 6.37. The van der Waals surface area contributed by atoms with Gasteiger partial charge in [-0.2, -0.15) is 0 Å². The Labute approximate surface area is 120 Å². The van der Waals surface area contributed by atoms with E-state index in [2.05, 4.69) is 10.3 Å². The molecule has 8 nitrogen and oxygen atoms in total. The van der Waals surface area contributed by atoms with Gasteiger partial charge in [0, 0.05) is 7.05 Å². The molecule has 0 atom stereocenters. The lowest BCUT2D eigenvalue weighted by Gasteiger charge is -2.19. The van der Waals surface area contributed by atoms with E-state index in [4.69, 9.17) is 9.84 Å². The summed E-state index contributed by atoms with van der Waals surface area (Å²) in [5.74, 6) is -0.897. The summed E-state index contributed by atoms with van der Waals surface area (Å²) in [7, 11) is 3.13. The number of carboxylic acid groups (broad SMARTS) is 1. The average molecular weight is 290 g/mol. The Bertz CT molecular complexity index is 668. The standard InChI is InChI=1S/C13H14N4O4/c1-16(10-5-3-4-6-11(10)21-2)12(18)8-17-7-9(13(19)20)14-15-17/h3-7H,8H2,1-2H3,(H,19,20). The predicted octanol–water partition coefficient (Wildman–Crippen LogP) is 0.648. The molecule has 2 aromatic rings. The highest BCUT2D eigenvalue weighted by molar-refractivity contribution is 5.94. The number of likely N-dealkylation sites (N-methyl/N-ethyl adjacent to an activating group) is 1. The summed E-state index contributed by atoms with van der Waals surface area (Å²) in [6, 6.07) is 7.09. The van der Waals surface area contributed by atoms with Gasteiger partial charge in [0.15, 0.2) is 5.69 Å². The molecule has 0 aliphatic heterocycles. The molecule has 1 heterocycles. The number of methoxy groups -OCH3 is 1. The number of nitrogens with zero attached hydrogens (tertiary/aromatic N) is 4. The van der Waals surface area contributed by atoms with Gasteiger partial charge in [0.1, 0.15) is 12.3 Å². The molecule has 1 aromatic heterocycles. The van der Waals surface area contributed by atoms with Gasteiger partial charge < -0.3 is 14.7 Å². The van der Waals surface area contributed by atoms with E-state index in [0.717, 1.165) is 0 Å². The minimum atomic E-state index is -1.19. The topological polar surface area (TPSA) is 97.5 Å². The maximum absolute atomic E-state index is 12.2. The number of carbonyl (C=O) groups is 2. The van der Waals surface area contributed by atoms with Crippen LogP contribution in [0.4, 0.5) is 5.69 Å². The third-order valence-corrected chi connectivity index (χ3v) is 2.88. The molecule has 110 valence electrons. The zero-order valence-corrected chi connectivity index (χ0v) is 11.6. The van der Waals surface area contributed by atoms with Crippen molar-refractivity contribution in [3.63, 3.8) is 0 Å². The molecular formula is C13H14N4O4. The zero-order chi connectivity index (χ0) is 15.4. The number of para-hydroxylation sites is 2. The first-order valence-corrected chi connectivity index (χ1v) is 6.06. The van der Waals surface area contributed by atoms with Gasteiger partial charge in [-0.25, -0.2) is 9.48 Å². The van der Waals surface area contributed by atoms with Crippen LogP contribution in [0, 0.1) is 0 Å². The number of benzene rings is 1. The van der Waals surface area contributed by atoms with Crippen molar-refractivity contribution in [1.29, 1.82) is 0 Å². The number of carbonyl (C=O) groups excluding carboxylic acids is 1. The monoisotopic (exact) mass is 290 g/mol. The summed E-state index contributed by atoms with van der Waals surface area (Å²) in [5.41, 5.74) is 0.409. The van der Waals surface area contributed by atoms with Crippen LogP contribution in [-0.4, -0.2) is 46.1 Å². The second kappa shape index (κ2) is 6.04. The third-order valence-electron chi connectivity index (χ3n) is 2.88. The number of ether oxygens (including phenoxy) is 1. The van der Waals surface area contributed by atoms with Crippen LogP contribution >= 0.6 is 0 Å². The molecule has 0 saturated heterocycles. The Kier molecular flexibility index (Phi) is 4.17. The number of amides is 1. The van der Waals surface area contributed by atoms with Crippen LogP contribution in [0.25, 0.3) is 0 Å². The molecule has 0 spiro atoms. The fourth-order valence-electron chi connectivity index (χ4n) is 1.76. The predicted molar refractivity (Wildman–Crippen MR) is 73.4 cm³/mol. The highest BCUT2D eigenvalue weighted by Gasteiger charge is 2.17. The normalized spacial score (nSPS) is 10.2. The van der Waals surface area contributed by atoms with Crippen molar-refractivity contribution in [2.75, 3.05) is 19.1 Å². The van der Waals surface area contributed by atoms with Crippen molar-refractivity contribution in [3.8, 4) is 5.75 Å². The van der Waals surface area contributed by atoms with E-state index in [1.807, 2.05) is 0 Å². The van der Waals surface area contributed by atoms with Gasteiger partial charge in [0.25, 0.3) is 0 Å². The Balaban J connectivity index is 2.13. The van der Waals surface area contributed by atoms with Gasteiger partial charge in [-0.1, -0.05) is 17.3 Å². The van der Waals surface area contributed by atoms with Gasteiger partial charge in [0.2, 0.25) is 5.91 Å². The smallest absolute Gasteiger partial charge is 0.358 e. The average Bonchev–Trinajstić information content (AvgIpc) is 2.95. The van der Waals surface area contributed by atoms with E-state index in [1.54, 1.807) is 31.3 Å². The quantitative estimate of drug-likeness (QED) is 0.868. The summed E-state index contributed by atoms with van der Waals surface area (Å²) in [6.45, 7) is -0.116. The largest absolute Gasteiger partial charge is 0.495 e. The Morgan fingerprint density at radius 3 is 2.71 bits per heavy atom. The highest BCUT2D eigenvalue weighted by atomic mass is 16.5. The summed E-state index contributed by atoms with van der Waals surface area (Å²) in [4.78, 5) is 24.3. The second-order valence-corrected chi connectivity index (χ2v) is 4.23. The maximum atomic E-state index is 12.2. The molecule has 2 rings (SSSR count). The first-order valence-electron chi connectivity index (χ1n) is 6.06. The SMILES string of the molecule is COc1ccccc1N(C)C(=O)Cn1cc(C(=O)O)nn1. The number of hydrogen-bond donors (Lipinski definition) is 1. The Hall–Kier alpha value is -2.90. The van der Waals surface area contributed by atoms with Crippen molar-refractivity contribution < 1.29 is 19.4 Å². The van der Waals surface area contributed by atoms with E-state index >= 15 is 0 Å². The van der Waals surface area contributed by atoms with Crippen LogP contribution in [0.5, 0.6) is 5.75 Å². The molecular weight excluding hydrogens is 276 g/mol. The molecule has 0 aliphatic carbocycles. The fourth-order valence-corrected chi connectivity index (χ4v) is 1.76. The maximum Gasteiger partial charge on any atom is 0.358 e. The van der Waals surface area contributed by atoms with E-state index < -0.39 is 5.97 Å². The van der Waals surface area contributed by atoms with Crippen molar-refractivity contribution in [3.05, 3.63) is 36.2 Å². The van der Waals surface area contributed by atoms with Crippen LogP contribution in [-0.2, 0) is 11.3 Å². The lowest BCUT2D eigenvalue weighted by molar-refractivity contribution is -0.119. The van der Waals surface area contributed by atoms with Gasteiger partial charge in [-0.3, -0.25) is 4.79 Å². The Morgan fingerprint density at radius 1 is 1.38 bits per heavy atom. The van der Waals surface area contributed by atoms with Gasteiger partial charge in [0.05, 0.1) is 19.0 Å². The van der Waals surface area contributed by atoms with Crippen molar-refractivity contribution in [2.24, 2.45) is 0 Å². The molecule has 8 heteroatoms. The van der Waals surface area contributed by atoms with Gasteiger partial charge in [-0.15, -0.1) is 5.10 Å². The molecule has 0 unspecified atom stereocenters. The number of carboxylic acids is 1. The molecule has 0 bridgehead atoms. The van der Waals surface area contributed by atoms with E-state index in [1.165, 1.54) is 22.9 Å². The van der Waals surface area contributed by atoms with Crippen LogP contribution in [0.15, 0.2) is 30.5 Å². The highest BCUT2D eigenvalue weighted by Crippen LogP contribution is 2.26. The third kappa shape index (κ3) is 3.16. The summed E-state index contributed by atoms with van der Waals surface area (Å²) >= 11 is 0. The van der Waals surface area contributed by atoms with Crippen LogP contribution in [0.2, 0.25) is 0 Å². The van der Waals surface area contributed by atoms with Crippen molar-refractivity contribution >= 4 is 17.6 Å². The molecule has 0 aliphatic rings. The first kappa shape index (κ1) is 14.5. The fraction of sp³-hybridized carbons (Fsp3) is 0.231. The molecule has 0 radical (unpaired) electrons. The van der Waals surface area contributed by atoms with Crippen LogP contribution < -0.4 is 9.64 Å². The van der Waals surface area contributed by atoms with Crippen LogP contribution in [0.1, 0.15) is 10.5 Å². The zero-order valence-electron chi connectivity index (χ0n) is 11.6. The molecule has 0 fully saturated rings. The van der Waals surface area contributed by atoms with E-state index in [-0.39, 0.29) is 18.1 Å². The summed E-state index contributed by atoms with van der Waals surface area (Å²) in [5, 5.41) is 15.8. The summed E-state index contributed by atoms with van der Waals surface area (Å²) in [6.07, 6.45) is 1.20.